The van der Waals surface area contributed by atoms with E-state index >= 15 is 0 Å². The molecule has 0 bridgehead atoms. The zero-order chi connectivity index (χ0) is 25.3. The summed E-state index contributed by atoms with van der Waals surface area (Å²) in [6.45, 7) is 1.64. The van der Waals surface area contributed by atoms with E-state index in [4.69, 9.17) is 0 Å². The van der Waals surface area contributed by atoms with Gasteiger partial charge in [0.1, 0.15) is 5.82 Å². The summed E-state index contributed by atoms with van der Waals surface area (Å²) in [5.74, 6) is -0.451. The van der Waals surface area contributed by atoms with Gasteiger partial charge in [-0.15, -0.1) is 0 Å². The number of piperidine rings is 1. The standard InChI is InChI=1S/C23H23F7N2O2/c1-13-8-17(24)2-3-19(13)20-12-18(33)5-7-32(20)21(34)31-6-4-14-9-15(22(25,26)27)11-16(10-14)23(28,29)30/h2-3,8-11,18,20,33H,4-7,12H2,1H3,(H,31,34)/t18-,20+/m0/s1. The van der Waals surface area contributed by atoms with E-state index in [-0.39, 0.29) is 37.6 Å². The molecule has 1 heterocycles. The molecule has 0 aliphatic carbocycles. The number of aliphatic hydroxyl groups excluding tert-OH is 1. The van der Waals surface area contributed by atoms with Crippen molar-refractivity contribution in [2.45, 2.75) is 50.7 Å². The van der Waals surface area contributed by atoms with Gasteiger partial charge in [0.25, 0.3) is 0 Å². The number of alkyl halides is 6. The number of nitrogens with zero attached hydrogens (tertiary/aromatic N) is 1. The first kappa shape index (κ1) is 25.8. The Hall–Kier alpha value is -2.82. The van der Waals surface area contributed by atoms with Crippen molar-refractivity contribution in [2.75, 3.05) is 13.1 Å². The number of carbonyl (C=O) groups is 1. The minimum atomic E-state index is -4.95. The molecule has 2 N–H and O–H groups in total. The summed E-state index contributed by atoms with van der Waals surface area (Å²) in [6.07, 6.45) is -10.3. The number of benzene rings is 2. The summed E-state index contributed by atoms with van der Waals surface area (Å²) >= 11 is 0. The van der Waals surface area contributed by atoms with E-state index in [1.54, 1.807) is 6.92 Å². The van der Waals surface area contributed by atoms with Gasteiger partial charge in [0.15, 0.2) is 0 Å². The Morgan fingerprint density at radius 3 is 2.24 bits per heavy atom. The second kappa shape index (κ2) is 9.81. The molecule has 0 radical (unpaired) electrons. The molecule has 1 fully saturated rings. The molecular weight excluding hydrogens is 469 g/mol. The Bertz CT molecular complexity index is 1000. The number of aliphatic hydroxyl groups is 1. The van der Waals surface area contributed by atoms with Crippen LogP contribution in [0.4, 0.5) is 35.5 Å². The van der Waals surface area contributed by atoms with Crippen LogP contribution in [0.25, 0.3) is 0 Å². The van der Waals surface area contributed by atoms with Crippen LogP contribution in [0.2, 0.25) is 0 Å². The van der Waals surface area contributed by atoms with Gasteiger partial charge in [0.05, 0.1) is 23.3 Å². The van der Waals surface area contributed by atoms with Crippen molar-refractivity contribution in [2.24, 2.45) is 0 Å². The van der Waals surface area contributed by atoms with Crippen LogP contribution in [0.5, 0.6) is 0 Å². The van der Waals surface area contributed by atoms with E-state index in [1.165, 1.54) is 23.1 Å². The van der Waals surface area contributed by atoms with Crippen LogP contribution in [0.1, 0.15) is 46.7 Å². The van der Waals surface area contributed by atoms with E-state index in [9.17, 15) is 40.6 Å². The fourth-order valence-corrected chi connectivity index (χ4v) is 4.08. The number of likely N-dealkylation sites (tertiary alicyclic amines) is 1. The largest absolute Gasteiger partial charge is 0.416 e. The third kappa shape index (κ3) is 6.19. The summed E-state index contributed by atoms with van der Waals surface area (Å²) in [6, 6.07) is 4.24. The summed E-state index contributed by atoms with van der Waals surface area (Å²) in [7, 11) is 0. The van der Waals surface area contributed by atoms with Crippen molar-refractivity contribution >= 4 is 6.03 Å². The van der Waals surface area contributed by atoms with Gasteiger partial charge >= 0.3 is 18.4 Å². The Balaban J connectivity index is 1.73. The Labute approximate surface area is 191 Å². The first-order chi connectivity index (χ1) is 15.8. The average molecular weight is 492 g/mol. The summed E-state index contributed by atoms with van der Waals surface area (Å²) < 4.78 is 91.7. The maximum Gasteiger partial charge on any atom is 0.416 e. The number of hydrogen-bond acceptors (Lipinski definition) is 2. The van der Waals surface area contributed by atoms with Gasteiger partial charge in [0, 0.05) is 13.1 Å². The molecule has 4 nitrogen and oxygen atoms in total. The van der Waals surface area contributed by atoms with Crippen molar-refractivity contribution < 1.29 is 40.6 Å². The summed E-state index contributed by atoms with van der Waals surface area (Å²) in [5.41, 5.74) is -1.83. The highest BCUT2D eigenvalue weighted by molar-refractivity contribution is 5.75. The van der Waals surface area contributed by atoms with Gasteiger partial charge < -0.3 is 15.3 Å². The average Bonchev–Trinajstić information content (AvgIpc) is 2.72. The SMILES string of the molecule is Cc1cc(F)ccc1[C@H]1C[C@@H](O)CCN1C(=O)NCCc1cc(C(F)(F)F)cc(C(F)(F)F)c1. The number of aryl methyl sites for hydroxylation is 1. The monoisotopic (exact) mass is 492 g/mol. The molecular formula is C23H23F7N2O2. The normalized spacial score (nSPS) is 19.3. The third-order valence-electron chi connectivity index (χ3n) is 5.76. The van der Waals surface area contributed by atoms with Crippen molar-refractivity contribution in [3.05, 3.63) is 70.0 Å². The topological polar surface area (TPSA) is 52.6 Å². The zero-order valence-electron chi connectivity index (χ0n) is 18.1. The molecule has 1 saturated heterocycles. The lowest BCUT2D eigenvalue weighted by Gasteiger charge is -2.38. The molecule has 3 rings (SSSR count). The molecule has 2 amide bonds. The highest BCUT2D eigenvalue weighted by Crippen LogP contribution is 2.37. The molecule has 2 atom stereocenters. The zero-order valence-corrected chi connectivity index (χ0v) is 18.1. The lowest BCUT2D eigenvalue weighted by Crippen LogP contribution is -2.47. The second-order valence-corrected chi connectivity index (χ2v) is 8.28. The molecule has 0 saturated carbocycles. The number of hydrogen-bond donors (Lipinski definition) is 2. The highest BCUT2D eigenvalue weighted by atomic mass is 19.4. The van der Waals surface area contributed by atoms with E-state index in [2.05, 4.69) is 5.32 Å². The van der Waals surface area contributed by atoms with Gasteiger partial charge in [0.2, 0.25) is 0 Å². The van der Waals surface area contributed by atoms with Crippen LogP contribution in [-0.4, -0.2) is 35.2 Å². The van der Waals surface area contributed by atoms with E-state index < -0.39 is 47.5 Å². The van der Waals surface area contributed by atoms with Crippen molar-refractivity contribution in [1.29, 1.82) is 0 Å². The lowest BCUT2D eigenvalue weighted by molar-refractivity contribution is -0.143. The van der Waals surface area contributed by atoms with Crippen molar-refractivity contribution in [3.63, 3.8) is 0 Å². The number of carbonyl (C=O) groups excluding carboxylic acids is 1. The van der Waals surface area contributed by atoms with Crippen LogP contribution in [-0.2, 0) is 18.8 Å². The number of nitrogens with one attached hydrogen (secondary N) is 1. The fraction of sp³-hybridized carbons (Fsp3) is 0.435. The number of amides is 2. The van der Waals surface area contributed by atoms with E-state index in [0.29, 0.717) is 29.7 Å². The van der Waals surface area contributed by atoms with Crippen molar-refractivity contribution in [1.82, 2.24) is 10.2 Å². The van der Waals surface area contributed by atoms with Gasteiger partial charge in [-0.1, -0.05) is 6.07 Å². The Morgan fingerprint density at radius 2 is 1.68 bits per heavy atom. The maximum absolute atomic E-state index is 13.5. The summed E-state index contributed by atoms with van der Waals surface area (Å²) in [5, 5.41) is 12.6. The lowest BCUT2D eigenvalue weighted by atomic mass is 9.91. The smallest absolute Gasteiger partial charge is 0.393 e. The number of halogens is 7. The number of rotatable bonds is 4. The molecule has 186 valence electrons. The molecule has 0 aromatic heterocycles. The van der Waals surface area contributed by atoms with Gasteiger partial charge in [-0.2, -0.15) is 26.3 Å². The predicted octanol–water partition coefficient (Wildman–Crippen LogP) is 5.62. The minimum absolute atomic E-state index is 0.0523. The molecule has 0 spiro atoms. The van der Waals surface area contributed by atoms with Gasteiger partial charge in [-0.25, -0.2) is 9.18 Å². The molecule has 2 aromatic rings. The Morgan fingerprint density at radius 1 is 1.06 bits per heavy atom. The highest BCUT2D eigenvalue weighted by Gasteiger charge is 2.37. The fourth-order valence-electron chi connectivity index (χ4n) is 4.08. The second-order valence-electron chi connectivity index (χ2n) is 8.28. The molecule has 0 unspecified atom stereocenters. The third-order valence-corrected chi connectivity index (χ3v) is 5.76. The van der Waals surface area contributed by atoms with Gasteiger partial charge in [-0.3, -0.25) is 0 Å². The summed E-state index contributed by atoms with van der Waals surface area (Å²) in [4.78, 5) is 14.2. The van der Waals surface area contributed by atoms with Crippen LogP contribution in [0.15, 0.2) is 36.4 Å². The predicted molar refractivity (Wildman–Crippen MR) is 109 cm³/mol. The van der Waals surface area contributed by atoms with Crippen LogP contribution in [0.3, 0.4) is 0 Å². The van der Waals surface area contributed by atoms with Gasteiger partial charge in [-0.05, 0) is 73.2 Å². The Kier molecular flexibility index (Phi) is 7.44. The van der Waals surface area contributed by atoms with E-state index in [0.717, 1.165) is 0 Å². The first-order valence-electron chi connectivity index (χ1n) is 10.5. The quantitative estimate of drug-likeness (QED) is 0.545. The van der Waals surface area contributed by atoms with Crippen molar-refractivity contribution in [3.8, 4) is 0 Å². The number of urea groups is 1. The molecule has 34 heavy (non-hydrogen) atoms. The maximum atomic E-state index is 13.5. The van der Waals surface area contributed by atoms with Crippen LogP contribution in [0, 0.1) is 12.7 Å². The van der Waals surface area contributed by atoms with E-state index in [1.807, 2.05) is 0 Å². The van der Waals surface area contributed by atoms with Crippen LogP contribution >= 0.6 is 0 Å². The minimum Gasteiger partial charge on any atom is -0.393 e. The molecule has 1 aliphatic rings. The molecule has 11 heteroatoms. The molecule has 2 aromatic carbocycles. The first-order valence-corrected chi connectivity index (χ1v) is 10.5. The molecule has 1 aliphatic heterocycles. The van der Waals surface area contributed by atoms with Crippen LogP contribution < -0.4 is 5.32 Å².